The number of primary sulfonamides is 1. The standard InChI is InChI=1S/C20H24N2O6S/c1-13-8-14(2)10-17(9-13)27-12-20(24)28-11-19(23)22-15(3)16-4-6-18(7-5-16)29(21,25)26/h4-10,15H,11-12H2,1-3H3,(H,22,23)(H2,21,25,26)/t15-/m0/s1. The summed E-state index contributed by atoms with van der Waals surface area (Å²) in [6, 6.07) is 11.0. The Morgan fingerprint density at radius 1 is 1.03 bits per heavy atom. The fourth-order valence-electron chi connectivity index (χ4n) is 2.66. The second-order valence-corrected chi connectivity index (χ2v) is 8.24. The van der Waals surface area contributed by atoms with Crippen LogP contribution in [0.2, 0.25) is 0 Å². The third-order valence-corrected chi connectivity index (χ3v) is 4.93. The lowest BCUT2D eigenvalue weighted by molar-refractivity contribution is -0.150. The monoisotopic (exact) mass is 420 g/mol. The van der Waals surface area contributed by atoms with Crippen molar-refractivity contribution in [2.75, 3.05) is 13.2 Å². The number of carbonyl (C=O) groups excluding carboxylic acids is 2. The number of hydrogen-bond acceptors (Lipinski definition) is 6. The average molecular weight is 420 g/mol. The molecule has 0 radical (unpaired) electrons. The highest BCUT2D eigenvalue weighted by Crippen LogP contribution is 2.17. The highest BCUT2D eigenvalue weighted by molar-refractivity contribution is 7.89. The van der Waals surface area contributed by atoms with Gasteiger partial charge in [0.1, 0.15) is 5.75 Å². The van der Waals surface area contributed by atoms with Gasteiger partial charge in [-0.2, -0.15) is 0 Å². The molecule has 0 aliphatic heterocycles. The number of ether oxygens (including phenoxy) is 2. The van der Waals surface area contributed by atoms with Crippen molar-refractivity contribution in [2.45, 2.75) is 31.7 Å². The Bertz CT molecular complexity index is 966. The van der Waals surface area contributed by atoms with Gasteiger partial charge in [0.25, 0.3) is 5.91 Å². The Kier molecular flexibility index (Phi) is 7.35. The van der Waals surface area contributed by atoms with Gasteiger partial charge >= 0.3 is 5.97 Å². The molecule has 8 nitrogen and oxygen atoms in total. The highest BCUT2D eigenvalue weighted by atomic mass is 32.2. The van der Waals surface area contributed by atoms with E-state index in [4.69, 9.17) is 14.6 Å². The summed E-state index contributed by atoms with van der Waals surface area (Å²) < 4.78 is 32.8. The highest BCUT2D eigenvalue weighted by Gasteiger charge is 2.14. The summed E-state index contributed by atoms with van der Waals surface area (Å²) in [7, 11) is -3.77. The summed E-state index contributed by atoms with van der Waals surface area (Å²) in [6.07, 6.45) is 0. The number of rotatable bonds is 8. The van der Waals surface area contributed by atoms with Gasteiger partial charge < -0.3 is 14.8 Å². The average Bonchev–Trinajstić information content (AvgIpc) is 2.63. The molecule has 0 saturated heterocycles. The normalized spacial score (nSPS) is 12.1. The molecule has 9 heteroatoms. The molecule has 0 unspecified atom stereocenters. The molecule has 1 amide bonds. The van der Waals surface area contributed by atoms with Crippen molar-refractivity contribution < 1.29 is 27.5 Å². The van der Waals surface area contributed by atoms with Crippen LogP contribution in [0.25, 0.3) is 0 Å². The predicted octanol–water partition coefficient (Wildman–Crippen LogP) is 1.75. The number of sulfonamides is 1. The Morgan fingerprint density at radius 3 is 2.17 bits per heavy atom. The van der Waals surface area contributed by atoms with Crippen LogP contribution in [0.15, 0.2) is 47.4 Å². The minimum atomic E-state index is -3.77. The van der Waals surface area contributed by atoms with Crippen molar-refractivity contribution in [2.24, 2.45) is 5.14 Å². The first-order valence-electron chi connectivity index (χ1n) is 8.83. The molecular weight excluding hydrogens is 396 g/mol. The van der Waals surface area contributed by atoms with E-state index in [1.165, 1.54) is 12.1 Å². The smallest absolute Gasteiger partial charge is 0.344 e. The number of hydrogen-bond donors (Lipinski definition) is 2. The van der Waals surface area contributed by atoms with Gasteiger partial charge in [0.15, 0.2) is 13.2 Å². The van der Waals surface area contributed by atoms with Crippen LogP contribution in [-0.4, -0.2) is 33.5 Å². The molecule has 1 atom stereocenters. The summed E-state index contributed by atoms with van der Waals surface area (Å²) in [4.78, 5) is 23.7. The maximum atomic E-state index is 12.0. The summed E-state index contributed by atoms with van der Waals surface area (Å²) in [5.41, 5.74) is 2.70. The Morgan fingerprint density at radius 2 is 1.62 bits per heavy atom. The van der Waals surface area contributed by atoms with Gasteiger partial charge in [0, 0.05) is 0 Å². The lowest BCUT2D eigenvalue weighted by Gasteiger charge is -2.15. The van der Waals surface area contributed by atoms with Gasteiger partial charge in [-0.1, -0.05) is 18.2 Å². The van der Waals surface area contributed by atoms with E-state index in [1.807, 2.05) is 19.9 Å². The van der Waals surface area contributed by atoms with Crippen LogP contribution in [0.5, 0.6) is 5.75 Å². The van der Waals surface area contributed by atoms with E-state index in [1.54, 1.807) is 31.2 Å². The van der Waals surface area contributed by atoms with E-state index in [-0.39, 0.29) is 11.5 Å². The minimum absolute atomic E-state index is 0.0162. The van der Waals surface area contributed by atoms with E-state index < -0.39 is 34.5 Å². The first-order chi connectivity index (χ1) is 13.5. The SMILES string of the molecule is Cc1cc(C)cc(OCC(=O)OCC(=O)N[C@@H](C)c2ccc(S(N)(=O)=O)cc2)c1. The predicted molar refractivity (Wildman–Crippen MR) is 107 cm³/mol. The molecule has 29 heavy (non-hydrogen) atoms. The molecule has 3 N–H and O–H groups in total. The molecule has 0 aromatic heterocycles. The van der Waals surface area contributed by atoms with Crippen molar-refractivity contribution in [3.8, 4) is 5.75 Å². The molecule has 2 aromatic rings. The molecule has 2 aromatic carbocycles. The zero-order valence-corrected chi connectivity index (χ0v) is 17.3. The van der Waals surface area contributed by atoms with Crippen LogP contribution in [0.4, 0.5) is 0 Å². The van der Waals surface area contributed by atoms with Crippen LogP contribution in [0.1, 0.15) is 29.7 Å². The minimum Gasteiger partial charge on any atom is -0.482 e. The second-order valence-electron chi connectivity index (χ2n) is 6.68. The van der Waals surface area contributed by atoms with Gasteiger partial charge in [-0.3, -0.25) is 4.79 Å². The second kappa shape index (κ2) is 9.53. The van der Waals surface area contributed by atoms with E-state index >= 15 is 0 Å². The van der Waals surface area contributed by atoms with Gasteiger partial charge in [0.05, 0.1) is 10.9 Å². The number of esters is 1. The molecule has 0 spiro atoms. The van der Waals surface area contributed by atoms with E-state index in [9.17, 15) is 18.0 Å². The van der Waals surface area contributed by atoms with E-state index in [0.29, 0.717) is 11.3 Å². The van der Waals surface area contributed by atoms with Crippen molar-refractivity contribution in [3.05, 3.63) is 59.2 Å². The molecule has 156 valence electrons. The van der Waals surface area contributed by atoms with Gasteiger partial charge in [-0.05, 0) is 61.7 Å². The van der Waals surface area contributed by atoms with Crippen molar-refractivity contribution in [1.82, 2.24) is 5.32 Å². The maximum Gasteiger partial charge on any atom is 0.344 e. The molecule has 0 fully saturated rings. The molecule has 0 aliphatic rings. The zero-order valence-electron chi connectivity index (χ0n) is 16.5. The van der Waals surface area contributed by atoms with Crippen molar-refractivity contribution >= 4 is 21.9 Å². The first-order valence-corrected chi connectivity index (χ1v) is 10.4. The summed E-state index contributed by atoms with van der Waals surface area (Å²) in [5.74, 6) is -0.599. The number of carbonyl (C=O) groups is 2. The van der Waals surface area contributed by atoms with Crippen molar-refractivity contribution in [3.63, 3.8) is 0 Å². The molecular formula is C20H24N2O6S. The van der Waals surface area contributed by atoms with Crippen LogP contribution >= 0.6 is 0 Å². The number of nitrogens with two attached hydrogens (primary N) is 1. The molecule has 0 aliphatic carbocycles. The Balaban J connectivity index is 1.79. The number of aryl methyl sites for hydroxylation is 2. The van der Waals surface area contributed by atoms with Gasteiger partial charge in [-0.25, -0.2) is 18.4 Å². The molecule has 2 rings (SSSR count). The molecule has 0 heterocycles. The topological polar surface area (TPSA) is 125 Å². The van der Waals surface area contributed by atoms with Crippen LogP contribution < -0.4 is 15.2 Å². The Hall–Kier alpha value is -2.91. The largest absolute Gasteiger partial charge is 0.482 e. The number of amides is 1. The quantitative estimate of drug-likeness (QED) is 0.627. The maximum absolute atomic E-state index is 12.0. The van der Waals surface area contributed by atoms with Crippen LogP contribution in [0, 0.1) is 13.8 Å². The Labute approximate surface area is 170 Å². The third-order valence-electron chi connectivity index (χ3n) is 4.00. The van der Waals surface area contributed by atoms with Crippen LogP contribution in [-0.2, 0) is 24.3 Å². The van der Waals surface area contributed by atoms with E-state index in [2.05, 4.69) is 5.32 Å². The fourth-order valence-corrected chi connectivity index (χ4v) is 3.17. The zero-order chi connectivity index (χ0) is 21.6. The molecule has 0 saturated carbocycles. The van der Waals surface area contributed by atoms with E-state index in [0.717, 1.165) is 11.1 Å². The third kappa shape index (κ3) is 7.20. The van der Waals surface area contributed by atoms with Gasteiger partial charge in [0.2, 0.25) is 10.0 Å². The lowest BCUT2D eigenvalue weighted by atomic mass is 10.1. The number of benzene rings is 2. The van der Waals surface area contributed by atoms with Crippen LogP contribution in [0.3, 0.4) is 0 Å². The summed E-state index contributed by atoms with van der Waals surface area (Å²) in [5, 5.41) is 7.71. The van der Waals surface area contributed by atoms with Crippen molar-refractivity contribution in [1.29, 1.82) is 0 Å². The summed E-state index contributed by atoms with van der Waals surface area (Å²) in [6.45, 7) is 4.81. The fraction of sp³-hybridized carbons (Fsp3) is 0.300. The first kappa shape index (κ1) is 22.4. The number of nitrogens with one attached hydrogen (secondary N) is 1. The summed E-state index contributed by atoms with van der Waals surface area (Å²) >= 11 is 0. The van der Waals surface area contributed by atoms with Gasteiger partial charge in [-0.15, -0.1) is 0 Å². The molecule has 0 bridgehead atoms. The lowest BCUT2D eigenvalue weighted by Crippen LogP contribution is -2.32.